The van der Waals surface area contributed by atoms with Gasteiger partial charge in [-0.05, 0) is 24.6 Å². The Kier molecular flexibility index (Phi) is 4.30. The number of nitrogens with zero attached hydrogens (tertiary/aromatic N) is 1. The lowest BCUT2D eigenvalue weighted by molar-refractivity contribution is 0.611. The summed E-state index contributed by atoms with van der Waals surface area (Å²) in [6.45, 7) is 1.87. The van der Waals surface area contributed by atoms with Gasteiger partial charge in [-0.25, -0.2) is 13.8 Å². The number of halogens is 3. The summed E-state index contributed by atoms with van der Waals surface area (Å²) in [5.41, 5.74) is -1.39. The SMILES string of the molecule is CCCc1c(Cl)[nH]c(=O)n(-c2cc(Cl)ccc2F)c1=O. The van der Waals surface area contributed by atoms with E-state index in [4.69, 9.17) is 23.2 Å². The van der Waals surface area contributed by atoms with Gasteiger partial charge in [0.2, 0.25) is 0 Å². The molecule has 0 unspecified atom stereocenters. The van der Waals surface area contributed by atoms with Gasteiger partial charge in [0.15, 0.2) is 0 Å². The van der Waals surface area contributed by atoms with Crippen LogP contribution in [0, 0.1) is 5.82 Å². The Balaban J connectivity index is 2.81. The summed E-state index contributed by atoms with van der Waals surface area (Å²) >= 11 is 11.6. The molecule has 20 heavy (non-hydrogen) atoms. The number of benzene rings is 1. The summed E-state index contributed by atoms with van der Waals surface area (Å²) in [5.74, 6) is -0.716. The number of hydrogen-bond donors (Lipinski definition) is 1. The summed E-state index contributed by atoms with van der Waals surface area (Å²) < 4.78 is 14.5. The van der Waals surface area contributed by atoms with Gasteiger partial charge in [-0.2, -0.15) is 0 Å². The Morgan fingerprint density at radius 2 is 2.00 bits per heavy atom. The zero-order chi connectivity index (χ0) is 14.9. The molecule has 0 amide bonds. The third kappa shape index (κ3) is 2.64. The molecular weight excluding hydrogens is 306 g/mol. The van der Waals surface area contributed by atoms with Gasteiger partial charge in [0.05, 0.1) is 11.3 Å². The molecular formula is C13H11Cl2FN2O2. The van der Waals surface area contributed by atoms with E-state index in [1.807, 2.05) is 6.92 Å². The molecule has 0 saturated heterocycles. The van der Waals surface area contributed by atoms with E-state index < -0.39 is 17.1 Å². The molecule has 0 saturated carbocycles. The predicted octanol–water partition coefficient (Wildman–Crippen LogP) is 2.92. The van der Waals surface area contributed by atoms with Gasteiger partial charge >= 0.3 is 5.69 Å². The predicted molar refractivity (Wildman–Crippen MR) is 76.6 cm³/mol. The van der Waals surface area contributed by atoms with E-state index in [0.29, 0.717) is 17.4 Å². The van der Waals surface area contributed by atoms with Gasteiger partial charge in [-0.1, -0.05) is 36.5 Å². The first-order valence-corrected chi connectivity index (χ1v) is 6.70. The third-order valence-electron chi connectivity index (χ3n) is 2.80. The van der Waals surface area contributed by atoms with Crippen molar-refractivity contribution < 1.29 is 4.39 Å². The fraction of sp³-hybridized carbons (Fsp3) is 0.231. The van der Waals surface area contributed by atoms with Crippen molar-refractivity contribution in [2.24, 2.45) is 0 Å². The van der Waals surface area contributed by atoms with E-state index in [1.165, 1.54) is 12.1 Å². The Morgan fingerprint density at radius 3 is 2.65 bits per heavy atom. The first-order valence-electron chi connectivity index (χ1n) is 5.94. The fourth-order valence-electron chi connectivity index (χ4n) is 1.89. The van der Waals surface area contributed by atoms with Crippen molar-refractivity contribution in [2.75, 3.05) is 0 Å². The fourth-order valence-corrected chi connectivity index (χ4v) is 2.31. The number of nitrogens with one attached hydrogen (secondary N) is 1. The van der Waals surface area contributed by atoms with E-state index in [0.717, 1.165) is 6.07 Å². The molecule has 0 atom stereocenters. The lowest BCUT2D eigenvalue weighted by atomic mass is 10.2. The van der Waals surface area contributed by atoms with E-state index in [1.54, 1.807) is 0 Å². The number of aromatic amines is 1. The van der Waals surface area contributed by atoms with Crippen molar-refractivity contribution in [1.29, 1.82) is 0 Å². The van der Waals surface area contributed by atoms with Crippen LogP contribution in [0.25, 0.3) is 5.69 Å². The second-order valence-corrected chi connectivity index (χ2v) is 5.02. The van der Waals surface area contributed by atoms with Gasteiger partial charge in [-0.3, -0.25) is 9.78 Å². The monoisotopic (exact) mass is 316 g/mol. The highest BCUT2D eigenvalue weighted by Crippen LogP contribution is 2.17. The average Bonchev–Trinajstić information content (AvgIpc) is 2.38. The molecule has 4 nitrogen and oxygen atoms in total. The lowest BCUT2D eigenvalue weighted by Crippen LogP contribution is -2.36. The quantitative estimate of drug-likeness (QED) is 0.885. The molecule has 1 N–H and O–H groups in total. The Hall–Kier alpha value is -1.59. The topological polar surface area (TPSA) is 54.9 Å². The average molecular weight is 317 g/mol. The van der Waals surface area contributed by atoms with Crippen molar-refractivity contribution in [3.8, 4) is 5.69 Å². The number of rotatable bonds is 3. The highest BCUT2D eigenvalue weighted by Gasteiger charge is 2.16. The standard InChI is InChI=1S/C13H11Cl2FN2O2/c1-2-3-8-11(15)17-13(20)18(12(8)19)10-6-7(14)4-5-9(10)16/h4-6H,2-3H2,1H3,(H,17,20). The highest BCUT2D eigenvalue weighted by molar-refractivity contribution is 6.30. The number of hydrogen-bond acceptors (Lipinski definition) is 2. The second-order valence-electron chi connectivity index (χ2n) is 4.21. The van der Waals surface area contributed by atoms with Crippen LogP contribution in [0.15, 0.2) is 27.8 Å². The van der Waals surface area contributed by atoms with Gasteiger partial charge in [0, 0.05) is 5.02 Å². The van der Waals surface area contributed by atoms with Crippen LogP contribution < -0.4 is 11.2 Å². The van der Waals surface area contributed by atoms with Crippen molar-refractivity contribution in [2.45, 2.75) is 19.8 Å². The van der Waals surface area contributed by atoms with Crippen LogP contribution in [-0.2, 0) is 6.42 Å². The van der Waals surface area contributed by atoms with Crippen LogP contribution >= 0.6 is 23.2 Å². The van der Waals surface area contributed by atoms with Crippen molar-refractivity contribution in [3.05, 3.63) is 60.6 Å². The summed E-state index contributed by atoms with van der Waals surface area (Å²) in [6, 6.07) is 3.65. The molecule has 1 aromatic heterocycles. The van der Waals surface area contributed by atoms with Crippen LogP contribution in [0.5, 0.6) is 0 Å². The van der Waals surface area contributed by atoms with E-state index in [2.05, 4.69) is 4.98 Å². The van der Waals surface area contributed by atoms with Crippen LogP contribution in [0.4, 0.5) is 4.39 Å². The number of aromatic nitrogens is 2. The summed E-state index contributed by atoms with van der Waals surface area (Å²) in [5, 5.41) is 0.209. The summed E-state index contributed by atoms with van der Waals surface area (Å²) in [6.07, 6.45) is 1.05. The van der Waals surface area contributed by atoms with Gasteiger partial charge in [-0.15, -0.1) is 0 Å². The second kappa shape index (κ2) is 5.81. The van der Waals surface area contributed by atoms with E-state index in [-0.39, 0.29) is 21.4 Å². The molecule has 0 aliphatic carbocycles. The van der Waals surface area contributed by atoms with Gasteiger partial charge < -0.3 is 0 Å². The minimum absolute atomic E-state index is 0.0134. The molecule has 1 heterocycles. The summed E-state index contributed by atoms with van der Waals surface area (Å²) in [7, 11) is 0. The van der Waals surface area contributed by atoms with Crippen molar-refractivity contribution in [3.63, 3.8) is 0 Å². The molecule has 2 aromatic rings. The van der Waals surface area contributed by atoms with Gasteiger partial charge in [0.1, 0.15) is 11.0 Å². The van der Waals surface area contributed by atoms with Crippen LogP contribution in [0.1, 0.15) is 18.9 Å². The molecule has 7 heteroatoms. The normalized spacial score (nSPS) is 10.8. The maximum atomic E-state index is 13.8. The lowest BCUT2D eigenvalue weighted by Gasteiger charge is -2.09. The highest BCUT2D eigenvalue weighted by atomic mass is 35.5. The molecule has 2 rings (SSSR count). The van der Waals surface area contributed by atoms with Crippen LogP contribution in [0.2, 0.25) is 10.2 Å². The van der Waals surface area contributed by atoms with E-state index in [9.17, 15) is 14.0 Å². The van der Waals surface area contributed by atoms with Crippen molar-refractivity contribution in [1.82, 2.24) is 9.55 Å². The first kappa shape index (κ1) is 14.8. The molecule has 106 valence electrons. The number of H-pyrrole nitrogens is 1. The smallest absolute Gasteiger partial charge is 0.297 e. The Bertz CT molecular complexity index is 768. The minimum Gasteiger partial charge on any atom is -0.297 e. The molecule has 0 aliphatic rings. The minimum atomic E-state index is -0.805. The molecule has 0 fully saturated rings. The largest absolute Gasteiger partial charge is 0.334 e. The molecule has 1 aromatic carbocycles. The molecule has 0 radical (unpaired) electrons. The zero-order valence-corrected chi connectivity index (χ0v) is 12.1. The van der Waals surface area contributed by atoms with E-state index >= 15 is 0 Å². The molecule has 0 bridgehead atoms. The van der Waals surface area contributed by atoms with Gasteiger partial charge in [0.25, 0.3) is 5.56 Å². The third-order valence-corrected chi connectivity index (χ3v) is 3.35. The first-order chi connectivity index (χ1) is 9.45. The maximum Gasteiger partial charge on any atom is 0.334 e. The Labute approximate surface area is 123 Å². The Morgan fingerprint density at radius 1 is 1.30 bits per heavy atom. The van der Waals surface area contributed by atoms with Crippen LogP contribution in [0.3, 0.4) is 0 Å². The maximum absolute atomic E-state index is 13.8. The molecule has 0 spiro atoms. The molecule has 0 aliphatic heterocycles. The van der Waals surface area contributed by atoms with Crippen molar-refractivity contribution >= 4 is 23.2 Å². The summed E-state index contributed by atoms with van der Waals surface area (Å²) in [4.78, 5) is 26.5. The zero-order valence-electron chi connectivity index (χ0n) is 10.5. The van der Waals surface area contributed by atoms with Crippen LogP contribution in [-0.4, -0.2) is 9.55 Å².